The topological polar surface area (TPSA) is 26.3 Å². The zero-order valence-corrected chi connectivity index (χ0v) is 11.3. The lowest BCUT2D eigenvalue weighted by Crippen LogP contribution is -1.89. The van der Waals surface area contributed by atoms with Crippen molar-refractivity contribution in [2.45, 2.75) is 0 Å². The van der Waals surface area contributed by atoms with E-state index in [-0.39, 0.29) is 5.02 Å². The van der Waals surface area contributed by atoms with Crippen molar-refractivity contribution in [2.24, 2.45) is 0 Å². The largest absolute Gasteiger partial charge is 0.456 e. The predicted octanol–water partition coefficient (Wildman–Crippen LogP) is 4.85. The second-order valence-electron chi connectivity index (χ2n) is 3.49. The summed E-state index contributed by atoms with van der Waals surface area (Å²) in [7, 11) is 0. The first kappa shape index (κ1) is 13.1. The molecule has 2 aromatic rings. The Morgan fingerprint density at radius 2 is 2.06 bits per heavy atom. The van der Waals surface area contributed by atoms with Crippen LogP contribution in [0.15, 0.2) is 40.9 Å². The van der Waals surface area contributed by atoms with Crippen molar-refractivity contribution in [2.75, 3.05) is 0 Å². The third-order valence-electron chi connectivity index (χ3n) is 2.20. The standard InChI is InChI=1S/C13H7BrClFO2/c14-10-5-11(15)12(16)6-13(10)18-9-3-1-2-8(4-9)7-17/h1-7H. The maximum atomic E-state index is 13.3. The highest BCUT2D eigenvalue weighted by molar-refractivity contribution is 9.10. The van der Waals surface area contributed by atoms with Gasteiger partial charge >= 0.3 is 0 Å². The summed E-state index contributed by atoms with van der Waals surface area (Å²) in [6, 6.07) is 9.16. The van der Waals surface area contributed by atoms with Gasteiger partial charge in [-0.25, -0.2) is 4.39 Å². The van der Waals surface area contributed by atoms with Crippen molar-refractivity contribution >= 4 is 33.8 Å². The average Bonchev–Trinajstić information content (AvgIpc) is 2.36. The van der Waals surface area contributed by atoms with Gasteiger partial charge in [0.05, 0.1) is 9.50 Å². The van der Waals surface area contributed by atoms with E-state index in [1.165, 1.54) is 12.1 Å². The van der Waals surface area contributed by atoms with Crippen LogP contribution in [0.25, 0.3) is 0 Å². The number of carbonyl (C=O) groups excluding carboxylic acids is 1. The maximum Gasteiger partial charge on any atom is 0.150 e. The lowest BCUT2D eigenvalue weighted by Gasteiger charge is -2.08. The van der Waals surface area contributed by atoms with Crippen LogP contribution in [0.3, 0.4) is 0 Å². The van der Waals surface area contributed by atoms with Gasteiger partial charge in [0, 0.05) is 11.6 Å². The molecule has 2 rings (SSSR count). The molecule has 0 bridgehead atoms. The number of halogens is 3. The second kappa shape index (κ2) is 5.50. The lowest BCUT2D eigenvalue weighted by atomic mass is 10.2. The zero-order valence-electron chi connectivity index (χ0n) is 8.99. The number of benzene rings is 2. The molecule has 0 aliphatic carbocycles. The molecule has 0 radical (unpaired) electrons. The van der Waals surface area contributed by atoms with E-state index in [0.29, 0.717) is 27.8 Å². The molecule has 0 aliphatic rings. The van der Waals surface area contributed by atoms with E-state index in [2.05, 4.69) is 15.9 Å². The van der Waals surface area contributed by atoms with Gasteiger partial charge in [-0.2, -0.15) is 0 Å². The van der Waals surface area contributed by atoms with Crippen LogP contribution in [0.4, 0.5) is 4.39 Å². The van der Waals surface area contributed by atoms with Crippen LogP contribution in [-0.4, -0.2) is 6.29 Å². The fourth-order valence-electron chi connectivity index (χ4n) is 1.36. The van der Waals surface area contributed by atoms with Gasteiger partial charge in [-0.1, -0.05) is 23.7 Å². The number of rotatable bonds is 3. The summed E-state index contributed by atoms with van der Waals surface area (Å²) >= 11 is 8.86. The first-order valence-electron chi connectivity index (χ1n) is 4.98. The van der Waals surface area contributed by atoms with Gasteiger partial charge in [0.15, 0.2) is 0 Å². The molecule has 0 N–H and O–H groups in total. The number of ether oxygens (including phenoxy) is 1. The Kier molecular flexibility index (Phi) is 3.99. The van der Waals surface area contributed by atoms with E-state index in [1.807, 2.05) is 0 Å². The van der Waals surface area contributed by atoms with E-state index in [1.54, 1.807) is 24.3 Å². The molecule has 0 aliphatic heterocycles. The number of hydrogen-bond acceptors (Lipinski definition) is 2. The molecule has 0 heterocycles. The van der Waals surface area contributed by atoms with Crippen molar-refractivity contribution in [3.8, 4) is 11.5 Å². The number of aldehydes is 1. The molecule has 0 saturated heterocycles. The van der Waals surface area contributed by atoms with Gasteiger partial charge in [-0.3, -0.25) is 4.79 Å². The molecule has 0 fully saturated rings. The fourth-order valence-corrected chi connectivity index (χ4v) is 2.08. The molecule has 18 heavy (non-hydrogen) atoms. The summed E-state index contributed by atoms with van der Waals surface area (Å²) in [5, 5.41) is 0.0101. The third kappa shape index (κ3) is 2.89. The Bertz CT molecular complexity index is 602. The Labute approximate surface area is 116 Å². The second-order valence-corrected chi connectivity index (χ2v) is 4.75. The van der Waals surface area contributed by atoms with Gasteiger partial charge in [0.1, 0.15) is 23.6 Å². The zero-order chi connectivity index (χ0) is 13.1. The van der Waals surface area contributed by atoms with Crippen molar-refractivity contribution in [3.63, 3.8) is 0 Å². The Morgan fingerprint density at radius 3 is 2.78 bits per heavy atom. The molecule has 2 nitrogen and oxygen atoms in total. The van der Waals surface area contributed by atoms with Crippen LogP contribution >= 0.6 is 27.5 Å². The van der Waals surface area contributed by atoms with E-state index in [9.17, 15) is 9.18 Å². The summed E-state index contributed by atoms with van der Waals surface area (Å²) in [5.74, 6) is 0.170. The quantitative estimate of drug-likeness (QED) is 0.594. The van der Waals surface area contributed by atoms with E-state index < -0.39 is 5.82 Å². The molecular formula is C13H7BrClFO2. The molecule has 0 saturated carbocycles. The molecule has 0 spiro atoms. The summed E-state index contributed by atoms with van der Waals surface area (Å²) in [4.78, 5) is 10.6. The first-order valence-corrected chi connectivity index (χ1v) is 6.15. The lowest BCUT2D eigenvalue weighted by molar-refractivity contribution is 0.112. The molecule has 2 aromatic carbocycles. The normalized spacial score (nSPS) is 10.2. The minimum atomic E-state index is -0.568. The summed E-state index contributed by atoms with van der Waals surface area (Å²) in [6.45, 7) is 0. The Hall–Kier alpha value is -1.39. The summed E-state index contributed by atoms with van der Waals surface area (Å²) < 4.78 is 19.3. The molecule has 5 heteroatoms. The SMILES string of the molecule is O=Cc1cccc(Oc2cc(F)c(Cl)cc2Br)c1. The third-order valence-corrected chi connectivity index (χ3v) is 3.11. The van der Waals surface area contributed by atoms with Crippen LogP contribution < -0.4 is 4.74 Å². The van der Waals surface area contributed by atoms with Crippen LogP contribution in [0.5, 0.6) is 11.5 Å². The van der Waals surface area contributed by atoms with Crippen LogP contribution in [0.2, 0.25) is 5.02 Å². The van der Waals surface area contributed by atoms with Gasteiger partial charge in [0.25, 0.3) is 0 Å². The van der Waals surface area contributed by atoms with Gasteiger partial charge in [-0.15, -0.1) is 0 Å². The highest BCUT2D eigenvalue weighted by atomic mass is 79.9. The van der Waals surface area contributed by atoms with E-state index in [4.69, 9.17) is 16.3 Å². The summed E-state index contributed by atoms with van der Waals surface area (Å²) in [6.07, 6.45) is 0.713. The van der Waals surface area contributed by atoms with Crippen molar-refractivity contribution < 1.29 is 13.9 Å². The van der Waals surface area contributed by atoms with E-state index in [0.717, 1.165) is 0 Å². The minimum absolute atomic E-state index is 0.0101. The number of hydrogen-bond donors (Lipinski definition) is 0. The molecule has 0 atom stereocenters. The monoisotopic (exact) mass is 328 g/mol. The maximum absolute atomic E-state index is 13.3. The fraction of sp³-hybridized carbons (Fsp3) is 0. The minimum Gasteiger partial charge on any atom is -0.456 e. The van der Waals surface area contributed by atoms with Crippen molar-refractivity contribution in [3.05, 3.63) is 57.3 Å². The van der Waals surface area contributed by atoms with Crippen LogP contribution in [-0.2, 0) is 0 Å². The smallest absolute Gasteiger partial charge is 0.150 e. The molecule has 0 unspecified atom stereocenters. The van der Waals surface area contributed by atoms with Crippen molar-refractivity contribution in [1.29, 1.82) is 0 Å². The van der Waals surface area contributed by atoms with E-state index >= 15 is 0 Å². The predicted molar refractivity (Wildman–Crippen MR) is 71.0 cm³/mol. The first-order chi connectivity index (χ1) is 8.60. The molecule has 0 amide bonds. The highest BCUT2D eigenvalue weighted by Crippen LogP contribution is 2.33. The van der Waals surface area contributed by atoms with Gasteiger partial charge in [0.2, 0.25) is 0 Å². The molecular weight excluding hydrogens is 322 g/mol. The van der Waals surface area contributed by atoms with Gasteiger partial charge in [-0.05, 0) is 34.1 Å². The van der Waals surface area contributed by atoms with Crippen LogP contribution in [0.1, 0.15) is 10.4 Å². The number of carbonyl (C=O) groups is 1. The summed E-state index contributed by atoms with van der Waals surface area (Å²) in [5.41, 5.74) is 0.484. The molecule has 92 valence electrons. The Morgan fingerprint density at radius 1 is 1.28 bits per heavy atom. The Balaban J connectivity index is 2.33. The highest BCUT2D eigenvalue weighted by Gasteiger charge is 2.09. The van der Waals surface area contributed by atoms with Gasteiger partial charge < -0.3 is 4.74 Å². The van der Waals surface area contributed by atoms with Crippen molar-refractivity contribution in [1.82, 2.24) is 0 Å². The molecule has 0 aromatic heterocycles. The average molecular weight is 330 g/mol. The van der Waals surface area contributed by atoms with Crippen LogP contribution in [0, 0.1) is 5.82 Å².